The zero-order valence-electron chi connectivity index (χ0n) is 15.0. The van der Waals surface area contributed by atoms with Crippen LogP contribution in [-0.2, 0) is 9.53 Å². The lowest BCUT2D eigenvalue weighted by Crippen LogP contribution is -2.27. The van der Waals surface area contributed by atoms with Crippen LogP contribution in [0.4, 0.5) is 4.79 Å². The highest BCUT2D eigenvalue weighted by atomic mass is 32.2. The number of alkyl carbamates (subject to hydrolysis) is 1. The number of carbonyl (C=O) groups is 2. The van der Waals surface area contributed by atoms with Gasteiger partial charge in [-0.1, -0.05) is 48.5 Å². The number of ether oxygens (including phenoxy) is 1. The Bertz CT molecular complexity index is 763. The van der Waals surface area contributed by atoms with Crippen molar-refractivity contribution in [2.24, 2.45) is 0 Å². The molecule has 0 unspecified atom stereocenters. The van der Waals surface area contributed by atoms with Gasteiger partial charge in [0.05, 0.1) is 5.75 Å². The van der Waals surface area contributed by atoms with Gasteiger partial charge in [0.2, 0.25) is 0 Å². The molecule has 0 radical (unpaired) electrons. The fourth-order valence-electron chi connectivity index (χ4n) is 3.33. The maximum absolute atomic E-state index is 12.0. The van der Waals surface area contributed by atoms with Crippen molar-refractivity contribution < 1.29 is 19.4 Å². The lowest BCUT2D eigenvalue weighted by atomic mass is 9.98. The third-order valence-corrected chi connectivity index (χ3v) is 5.58. The van der Waals surface area contributed by atoms with Crippen LogP contribution in [0, 0.1) is 0 Å². The quantitative estimate of drug-likeness (QED) is 0.635. The topological polar surface area (TPSA) is 75.6 Å². The van der Waals surface area contributed by atoms with Crippen molar-refractivity contribution in [1.82, 2.24) is 5.32 Å². The van der Waals surface area contributed by atoms with E-state index in [2.05, 4.69) is 29.6 Å². The van der Waals surface area contributed by atoms with E-state index in [0.29, 0.717) is 13.2 Å². The first-order valence-corrected chi connectivity index (χ1v) is 10.2. The minimum absolute atomic E-state index is 0.0653. The van der Waals surface area contributed by atoms with Gasteiger partial charge in [0.15, 0.2) is 0 Å². The number of hydrogen-bond acceptors (Lipinski definition) is 4. The largest absolute Gasteiger partial charge is 0.481 e. The summed E-state index contributed by atoms with van der Waals surface area (Å²) in [5.74, 6) is 0.172. The maximum atomic E-state index is 12.0. The molecular weight excluding hydrogens is 362 g/mol. The number of thioether (sulfide) groups is 1. The smallest absolute Gasteiger partial charge is 0.407 e. The van der Waals surface area contributed by atoms with E-state index in [-0.39, 0.29) is 11.7 Å². The van der Waals surface area contributed by atoms with Gasteiger partial charge in [-0.2, -0.15) is 11.8 Å². The molecule has 1 aliphatic rings. The highest BCUT2D eigenvalue weighted by Crippen LogP contribution is 2.44. The van der Waals surface area contributed by atoms with Crippen molar-refractivity contribution in [3.63, 3.8) is 0 Å². The summed E-state index contributed by atoms with van der Waals surface area (Å²) in [5.41, 5.74) is 4.81. The molecule has 0 saturated carbocycles. The van der Waals surface area contributed by atoms with Crippen molar-refractivity contribution >= 4 is 23.8 Å². The summed E-state index contributed by atoms with van der Waals surface area (Å²) in [4.78, 5) is 22.4. The van der Waals surface area contributed by atoms with Gasteiger partial charge in [-0.05, 0) is 40.8 Å². The first kappa shape index (κ1) is 19.3. The van der Waals surface area contributed by atoms with Crippen LogP contribution in [0.3, 0.4) is 0 Å². The predicted octanol–water partition coefficient (Wildman–Crippen LogP) is 4.12. The Labute approximate surface area is 163 Å². The van der Waals surface area contributed by atoms with E-state index in [0.717, 1.165) is 18.6 Å². The molecule has 2 N–H and O–H groups in total. The molecule has 1 amide bonds. The van der Waals surface area contributed by atoms with E-state index in [1.54, 1.807) is 0 Å². The summed E-state index contributed by atoms with van der Waals surface area (Å²) in [7, 11) is 0. The van der Waals surface area contributed by atoms with E-state index in [4.69, 9.17) is 9.84 Å². The second-order valence-electron chi connectivity index (χ2n) is 6.41. The molecular formula is C21H23NO4S. The summed E-state index contributed by atoms with van der Waals surface area (Å²) in [6.07, 6.45) is 1.26. The van der Waals surface area contributed by atoms with Crippen molar-refractivity contribution in [2.75, 3.05) is 24.7 Å². The minimum atomic E-state index is -0.795. The van der Waals surface area contributed by atoms with Gasteiger partial charge in [-0.3, -0.25) is 4.79 Å². The van der Waals surface area contributed by atoms with Gasteiger partial charge in [0.25, 0.3) is 0 Å². The number of carboxylic acid groups (broad SMARTS) is 1. The number of carbonyl (C=O) groups excluding carboxylic acids is 1. The summed E-state index contributed by atoms with van der Waals surface area (Å²) in [6.45, 7) is 0.846. The lowest BCUT2D eigenvalue weighted by molar-refractivity contribution is -0.133. The molecule has 0 spiro atoms. The Morgan fingerprint density at radius 1 is 1.00 bits per heavy atom. The van der Waals surface area contributed by atoms with E-state index in [9.17, 15) is 9.59 Å². The average molecular weight is 385 g/mol. The van der Waals surface area contributed by atoms with Crippen molar-refractivity contribution in [1.29, 1.82) is 0 Å². The van der Waals surface area contributed by atoms with Crippen molar-refractivity contribution in [3.05, 3.63) is 59.7 Å². The number of carboxylic acids is 1. The molecule has 5 nitrogen and oxygen atoms in total. The Morgan fingerprint density at radius 3 is 2.26 bits per heavy atom. The zero-order valence-corrected chi connectivity index (χ0v) is 15.8. The Hall–Kier alpha value is -2.47. The van der Waals surface area contributed by atoms with Crippen molar-refractivity contribution in [2.45, 2.75) is 18.8 Å². The van der Waals surface area contributed by atoms with E-state index in [1.807, 2.05) is 24.3 Å². The molecule has 2 aromatic rings. The number of unbranched alkanes of at least 4 members (excludes halogenated alkanes) is 1. The molecule has 0 aliphatic heterocycles. The third-order valence-electron chi connectivity index (χ3n) is 4.55. The zero-order chi connectivity index (χ0) is 19.1. The number of rotatable bonds is 9. The van der Waals surface area contributed by atoms with Crippen LogP contribution < -0.4 is 5.32 Å². The van der Waals surface area contributed by atoms with Crippen LogP contribution in [0.25, 0.3) is 11.1 Å². The molecule has 1 aliphatic carbocycles. The molecule has 0 aromatic heterocycles. The van der Waals surface area contributed by atoms with Crippen LogP contribution in [0.15, 0.2) is 48.5 Å². The fourth-order valence-corrected chi connectivity index (χ4v) is 4.06. The predicted molar refractivity (Wildman–Crippen MR) is 107 cm³/mol. The second-order valence-corrected chi connectivity index (χ2v) is 7.51. The molecule has 0 atom stereocenters. The molecule has 142 valence electrons. The monoisotopic (exact) mass is 385 g/mol. The molecule has 3 rings (SSSR count). The summed E-state index contributed by atoms with van der Waals surface area (Å²) in [5, 5.41) is 11.3. The van der Waals surface area contributed by atoms with Crippen molar-refractivity contribution in [3.8, 4) is 11.1 Å². The van der Waals surface area contributed by atoms with Gasteiger partial charge in [0, 0.05) is 12.5 Å². The van der Waals surface area contributed by atoms with Crippen LogP contribution in [0.2, 0.25) is 0 Å². The minimum Gasteiger partial charge on any atom is -0.481 e. The number of nitrogens with one attached hydrogen (secondary N) is 1. The van der Waals surface area contributed by atoms with Crippen LogP contribution in [0.1, 0.15) is 29.9 Å². The number of hydrogen-bond donors (Lipinski definition) is 2. The first-order valence-electron chi connectivity index (χ1n) is 9.05. The van der Waals surface area contributed by atoms with E-state index >= 15 is 0 Å². The number of amides is 1. The molecule has 6 heteroatoms. The lowest BCUT2D eigenvalue weighted by Gasteiger charge is -2.14. The Morgan fingerprint density at radius 2 is 1.63 bits per heavy atom. The highest BCUT2D eigenvalue weighted by Gasteiger charge is 2.28. The number of fused-ring (bicyclic) bond motifs is 3. The Balaban J connectivity index is 1.44. The molecule has 0 saturated heterocycles. The maximum Gasteiger partial charge on any atom is 0.407 e. The van der Waals surface area contributed by atoms with E-state index < -0.39 is 12.1 Å². The van der Waals surface area contributed by atoms with Crippen LogP contribution in [-0.4, -0.2) is 41.8 Å². The normalized spacial score (nSPS) is 12.3. The van der Waals surface area contributed by atoms with Crippen LogP contribution in [0.5, 0.6) is 0 Å². The van der Waals surface area contributed by atoms with Gasteiger partial charge in [-0.15, -0.1) is 0 Å². The highest BCUT2D eigenvalue weighted by molar-refractivity contribution is 7.99. The summed E-state index contributed by atoms with van der Waals surface area (Å²) < 4.78 is 5.47. The molecule has 0 bridgehead atoms. The summed E-state index contributed by atoms with van der Waals surface area (Å²) >= 11 is 1.39. The molecule has 2 aromatic carbocycles. The summed E-state index contributed by atoms with van der Waals surface area (Å²) in [6, 6.07) is 16.5. The van der Waals surface area contributed by atoms with Gasteiger partial charge < -0.3 is 15.2 Å². The van der Waals surface area contributed by atoms with Gasteiger partial charge >= 0.3 is 12.1 Å². The average Bonchev–Trinajstić information content (AvgIpc) is 2.99. The molecule has 0 fully saturated rings. The third kappa shape index (κ3) is 5.04. The SMILES string of the molecule is O=C(O)CSCCCCNC(=O)OCC1c2ccccc2-c2ccccc21. The standard InChI is InChI=1S/C21H23NO4S/c23-20(24)14-27-12-6-5-11-22-21(25)26-13-19-17-9-3-1-7-15(17)16-8-2-4-10-18(16)19/h1-4,7-10,19H,5-6,11-14H2,(H,22,25)(H,23,24). The molecule has 0 heterocycles. The fraction of sp³-hybridized carbons (Fsp3) is 0.333. The second kappa shape index (κ2) is 9.46. The number of aliphatic carboxylic acids is 1. The van der Waals surface area contributed by atoms with Gasteiger partial charge in [0.1, 0.15) is 6.61 Å². The van der Waals surface area contributed by atoms with Crippen LogP contribution >= 0.6 is 11.8 Å². The Kier molecular flexibility index (Phi) is 6.76. The van der Waals surface area contributed by atoms with Gasteiger partial charge in [-0.25, -0.2) is 4.79 Å². The number of benzene rings is 2. The molecule has 27 heavy (non-hydrogen) atoms. The van der Waals surface area contributed by atoms with E-state index in [1.165, 1.54) is 34.0 Å². The first-order chi connectivity index (χ1) is 13.2.